The molecule has 1 N–H and O–H groups in total. The number of anilines is 2. The Labute approximate surface area is 175 Å². The SMILES string of the molecule is O=C1CN2c3c(ccc(F)c3C3CN(CCCc4cccc5c4OCC5)CCC32)N1. The van der Waals surface area contributed by atoms with Crippen LogP contribution in [0.1, 0.15) is 35.4 Å². The van der Waals surface area contributed by atoms with E-state index in [9.17, 15) is 9.18 Å². The van der Waals surface area contributed by atoms with Gasteiger partial charge in [0, 0.05) is 37.0 Å². The fourth-order valence-electron chi connectivity index (χ4n) is 5.89. The second-order valence-corrected chi connectivity index (χ2v) is 8.90. The molecule has 0 aliphatic carbocycles. The number of halogens is 1. The van der Waals surface area contributed by atoms with Crippen molar-refractivity contribution < 1.29 is 13.9 Å². The Bertz CT molecular complexity index is 1020. The van der Waals surface area contributed by atoms with Crippen molar-refractivity contribution in [1.29, 1.82) is 0 Å². The Balaban J connectivity index is 1.17. The van der Waals surface area contributed by atoms with Crippen LogP contribution in [0, 0.1) is 5.82 Å². The van der Waals surface area contributed by atoms with Crippen molar-refractivity contribution in [2.45, 2.75) is 37.6 Å². The molecule has 2 atom stereocenters. The van der Waals surface area contributed by atoms with Gasteiger partial charge in [0.1, 0.15) is 11.6 Å². The van der Waals surface area contributed by atoms with Gasteiger partial charge in [-0.1, -0.05) is 18.2 Å². The van der Waals surface area contributed by atoms with Crippen LogP contribution in [0.4, 0.5) is 15.8 Å². The minimum Gasteiger partial charge on any atom is -0.493 e. The van der Waals surface area contributed by atoms with Gasteiger partial charge in [-0.25, -0.2) is 4.39 Å². The van der Waals surface area contributed by atoms with Gasteiger partial charge in [0.2, 0.25) is 5.91 Å². The van der Waals surface area contributed by atoms with Crippen molar-refractivity contribution in [1.82, 2.24) is 4.90 Å². The molecule has 0 saturated carbocycles. The number of likely N-dealkylation sites (tertiary alicyclic amines) is 1. The summed E-state index contributed by atoms with van der Waals surface area (Å²) < 4.78 is 20.7. The van der Waals surface area contributed by atoms with Crippen LogP contribution >= 0.6 is 0 Å². The van der Waals surface area contributed by atoms with Crippen LogP contribution in [0.15, 0.2) is 30.3 Å². The minimum absolute atomic E-state index is 0.000694. The largest absolute Gasteiger partial charge is 0.493 e. The highest BCUT2D eigenvalue weighted by atomic mass is 19.1. The van der Waals surface area contributed by atoms with Gasteiger partial charge in [0.15, 0.2) is 0 Å². The van der Waals surface area contributed by atoms with Crippen molar-refractivity contribution in [2.24, 2.45) is 0 Å². The zero-order valence-corrected chi connectivity index (χ0v) is 17.0. The molecule has 4 aliphatic heterocycles. The van der Waals surface area contributed by atoms with Gasteiger partial charge in [-0.15, -0.1) is 0 Å². The van der Waals surface area contributed by atoms with E-state index < -0.39 is 0 Å². The van der Waals surface area contributed by atoms with Gasteiger partial charge in [-0.3, -0.25) is 4.79 Å². The maximum atomic E-state index is 14.8. The third-order valence-electron chi connectivity index (χ3n) is 7.19. The molecule has 2 aromatic carbocycles. The number of carbonyl (C=O) groups is 1. The summed E-state index contributed by atoms with van der Waals surface area (Å²) in [5.41, 5.74) is 5.13. The molecule has 1 fully saturated rings. The lowest BCUT2D eigenvalue weighted by atomic mass is 9.88. The first-order chi connectivity index (χ1) is 14.7. The number of carbonyl (C=O) groups excluding carboxylic acids is 1. The van der Waals surface area contributed by atoms with Crippen LogP contribution in [-0.2, 0) is 17.6 Å². The average molecular weight is 407 g/mol. The van der Waals surface area contributed by atoms with E-state index in [1.165, 1.54) is 17.2 Å². The normalized spacial score (nSPS) is 24.2. The second-order valence-electron chi connectivity index (χ2n) is 8.90. The first-order valence-corrected chi connectivity index (χ1v) is 11.0. The zero-order valence-electron chi connectivity index (χ0n) is 17.0. The Morgan fingerprint density at radius 2 is 2.17 bits per heavy atom. The Kier molecular flexibility index (Phi) is 4.23. The summed E-state index contributed by atoms with van der Waals surface area (Å²) in [6.45, 7) is 3.98. The number of hydrogen-bond donors (Lipinski definition) is 1. The summed E-state index contributed by atoms with van der Waals surface area (Å²) >= 11 is 0. The topological polar surface area (TPSA) is 44.8 Å². The number of rotatable bonds is 4. The summed E-state index contributed by atoms with van der Waals surface area (Å²) in [4.78, 5) is 16.8. The predicted octanol–water partition coefficient (Wildman–Crippen LogP) is 3.32. The summed E-state index contributed by atoms with van der Waals surface area (Å²) in [6.07, 6.45) is 4.05. The van der Waals surface area contributed by atoms with E-state index in [-0.39, 0.29) is 23.7 Å². The van der Waals surface area contributed by atoms with Crippen LogP contribution in [0.2, 0.25) is 0 Å². The number of aryl methyl sites for hydroxylation is 1. The molecule has 4 heterocycles. The lowest BCUT2D eigenvalue weighted by Crippen LogP contribution is -2.49. The van der Waals surface area contributed by atoms with Crippen molar-refractivity contribution in [3.05, 3.63) is 52.8 Å². The number of fused-ring (bicyclic) bond motifs is 4. The summed E-state index contributed by atoms with van der Waals surface area (Å²) in [5, 5.41) is 2.92. The van der Waals surface area contributed by atoms with E-state index >= 15 is 0 Å². The van der Waals surface area contributed by atoms with Crippen molar-refractivity contribution in [2.75, 3.05) is 43.0 Å². The lowest BCUT2D eigenvalue weighted by molar-refractivity contribution is -0.115. The number of piperidine rings is 1. The number of nitrogens with one attached hydrogen (secondary N) is 1. The van der Waals surface area contributed by atoms with Gasteiger partial charge >= 0.3 is 0 Å². The van der Waals surface area contributed by atoms with Gasteiger partial charge in [0.25, 0.3) is 0 Å². The highest BCUT2D eigenvalue weighted by Gasteiger charge is 2.46. The summed E-state index contributed by atoms with van der Waals surface area (Å²) in [6, 6.07) is 9.91. The van der Waals surface area contributed by atoms with Crippen LogP contribution in [0.5, 0.6) is 5.75 Å². The molecular formula is C24H26FN3O2. The highest BCUT2D eigenvalue weighted by molar-refractivity contribution is 6.03. The first kappa shape index (κ1) is 18.2. The van der Waals surface area contributed by atoms with Crippen LogP contribution < -0.4 is 15.0 Å². The maximum Gasteiger partial charge on any atom is 0.243 e. The van der Waals surface area contributed by atoms with Crippen molar-refractivity contribution >= 4 is 17.3 Å². The van der Waals surface area contributed by atoms with Crippen LogP contribution in [0.25, 0.3) is 0 Å². The minimum atomic E-state index is -0.138. The molecule has 6 heteroatoms. The standard InChI is InChI=1S/C24H26FN3O2/c25-18-6-7-19-23-22(18)17-13-27(11-8-20(17)28(23)14-21(29)26-19)10-2-5-15-3-1-4-16-9-12-30-24(15)16/h1,3-4,6-7,17,20H,2,5,8-14H2,(H,26,29). The van der Waals surface area contributed by atoms with Gasteiger partial charge in [0.05, 0.1) is 24.5 Å². The Morgan fingerprint density at radius 3 is 3.10 bits per heavy atom. The lowest BCUT2D eigenvalue weighted by Gasteiger charge is -2.39. The van der Waals surface area contributed by atoms with Crippen LogP contribution in [0.3, 0.4) is 0 Å². The molecule has 0 radical (unpaired) electrons. The summed E-state index contributed by atoms with van der Waals surface area (Å²) in [7, 11) is 0. The monoisotopic (exact) mass is 407 g/mol. The van der Waals surface area contributed by atoms with Crippen molar-refractivity contribution in [3.8, 4) is 5.75 Å². The quantitative estimate of drug-likeness (QED) is 0.845. The summed E-state index contributed by atoms with van der Waals surface area (Å²) in [5.74, 6) is 1.09. The molecule has 2 unspecified atom stereocenters. The fraction of sp³-hybridized carbons (Fsp3) is 0.458. The molecule has 2 aromatic rings. The number of para-hydroxylation sites is 1. The van der Waals surface area contributed by atoms with E-state index in [0.29, 0.717) is 6.54 Å². The third kappa shape index (κ3) is 2.81. The number of nitrogens with zero attached hydrogens (tertiary/aromatic N) is 2. The predicted molar refractivity (Wildman–Crippen MR) is 114 cm³/mol. The van der Waals surface area contributed by atoms with E-state index in [1.54, 1.807) is 6.07 Å². The number of benzene rings is 2. The molecule has 30 heavy (non-hydrogen) atoms. The molecule has 0 aromatic heterocycles. The molecule has 0 bridgehead atoms. The molecule has 4 aliphatic rings. The first-order valence-electron chi connectivity index (χ1n) is 11.0. The average Bonchev–Trinajstić information content (AvgIpc) is 3.35. The molecule has 1 saturated heterocycles. The third-order valence-corrected chi connectivity index (χ3v) is 7.19. The van der Waals surface area contributed by atoms with E-state index in [0.717, 1.165) is 74.6 Å². The Hall–Kier alpha value is -2.60. The molecule has 0 spiro atoms. The molecule has 5 nitrogen and oxygen atoms in total. The smallest absolute Gasteiger partial charge is 0.243 e. The molecule has 1 amide bonds. The van der Waals surface area contributed by atoms with E-state index in [2.05, 4.69) is 33.3 Å². The number of ether oxygens (including phenoxy) is 1. The number of hydrogen-bond acceptors (Lipinski definition) is 4. The van der Waals surface area contributed by atoms with Crippen LogP contribution in [-0.4, -0.2) is 49.6 Å². The maximum absolute atomic E-state index is 14.8. The molecule has 6 rings (SSSR count). The van der Waals surface area contributed by atoms with E-state index in [1.807, 2.05) is 0 Å². The second kappa shape index (κ2) is 6.98. The van der Waals surface area contributed by atoms with Gasteiger partial charge < -0.3 is 19.9 Å². The zero-order chi connectivity index (χ0) is 20.2. The molecule has 156 valence electrons. The van der Waals surface area contributed by atoms with Crippen molar-refractivity contribution in [3.63, 3.8) is 0 Å². The van der Waals surface area contributed by atoms with Gasteiger partial charge in [-0.05, 0) is 49.1 Å². The fourth-order valence-corrected chi connectivity index (χ4v) is 5.89. The van der Waals surface area contributed by atoms with Gasteiger partial charge in [-0.2, -0.15) is 0 Å². The highest BCUT2D eigenvalue weighted by Crippen LogP contribution is 2.50. The Morgan fingerprint density at radius 1 is 1.23 bits per heavy atom. The van der Waals surface area contributed by atoms with E-state index in [4.69, 9.17) is 4.74 Å². The molecular weight excluding hydrogens is 381 g/mol. The number of amides is 1.